The van der Waals surface area contributed by atoms with Crippen molar-refractivity contribution in [1.29, 1.82) is 0 Å². The molecule has 1 aliphatic rings. The maximum atomic E-state index is 15.0. The van der Waals surface area contributed by atoms with Crippen LogP contribution in [0.2, 0.25) is 5.02 Å². The highest BCUT2D eigenvalue weighted by atomic mass is 35.5. The van der Waals surface area contributed by atoms with Crippen LogP contribution in [0, 0.1) is 17.6 Å². The van der Waals surface area contributed by atoms with Gasteiger partial charge in [-0.15, -0.1) is 0 Å². The number of nitrogens with two attached hydrogens (primary N) is 1. The summed E-state index contributed by atoms with van der Waals surface area (Å²) < 4.78 is 83.9. The predicted octanol–water partition coefficient (Wildman–Crippen LogP) is 5.85. The summed E-state index contributed by atoms with van der Waals surface area (Å²) in [4.78, 5) is 20.7. The van der Waals surface area contributed by atoms with Crippen LogP contribution < -0.4 is 15.8 Å². The van der Waals surface area contributed by atoms with Gasteiger partial charge in [0.15, 0.2) is 23.4 Å². The number of aromatic nitrogens is 1. The Hall–Kier alpha value is -2.67. The third kappa shape index (κ3) is 5.66. The molecule has 0 bridgehead atoms. The highest BCUT2D eigenvalue weighted by Crippen LogP contribution is 2.50. The van der Waals surface area contributed by atoms with Crippen LogP contribution in [0.1, 0.15) is 36.8 Å². The number of ether oxygens (including phenoxy) is 1. The fourth-order valence-electron chi connectivity index (χ4n) is 3.76. The Morgan fingerprint density at radius 2 is 1.94 bits per heavy atom. The van der Waals surface area contributed by atoms with Gasteiger partial charge in [0, 0.05) is 29.3 Å². The fourth-order valence-corrected chi connectivity index (χ4v) is 5.17. The number of hydrogen-bond donors (Lipinski definition) is 2. The van der Waals surface area contributed by atoms with Crippen LogP contribution in [0.15, 0.2) is 29.4 Å². The molecule has 196 valence electrons. The second kappa shape index (κ2) is 10.0. The molecular formula is C22H21ClF6N4O2S. The van der Waals surface area contributed by atoms with Crippen LogP contribution in [0.4, 0.5) is 32.0 Å². The molecule has 36 heavy (non-hydrogen) atoms. The smallest absolute Gasteiger partial charge is 0.422 e. The molecule has 1 unspecified atom stereocenters. The van der Waals surface area contributed by atoms with Gasteiger partial charge in [0.2, 0.25) is 0 Å². The second-order valence-electron chi connectivity index (χ2n) is 8.55. The topological polar surface area (TPSA) is 89.6 Å². The molecule has 2 heterocycles. The number of carbonyl (C=O) groups is 1. The molecule has 0 radical (unpaired) electrons. The molecule has 1 aromatic carbocycles. The molecule has 0 aliphatic carbocycles. The van der Waals surface area contributed by atoms with Crippen LogP contribution in [0.5, 0.6) is 5.75 Å². The number of rotatable bonds is 6. The van der Waals surface area contributed by atoms with Crippen LogP contribution in [-0.2, 0) is 5.54 Å². The molecule has 3 rings (SSSR count). The number of amides is 1. The number of carbonyl (C=O) groups excluding carboxylic acids is 1. The number of halogens is 7. The third-order valence-corrected chi connectivity index (χ3v) is 7.49. The Bertz CT molecular complexity index is 1210. The molecule has 1 aromatic heterocycles. The molecule has 6 nitrogen and oxygen atoms in total. The zero-order valence-corrected chi connectivity index (χ0v) is 20.7. The molecule has 14 heteroatoms. The number of benzene rings is 1. The molecule has 1 amide bonds. The minimum Gasteiger partial charge on any atom is -0.482 e. The van der Waals surface area contributed by atoms with Crippen molar-refractivity contribution in [3.63, 3.8) is 0 Å². The number of thioether (sulfide) groups is 1. The van der Waals surface area contributed by atoms with E-state index in [2.05, 4.69) is 20.0 Å². The number of anilines is 1. The lowest BCUT2D eigenvalue weighted by atomic mass is 9.74. The van der Waals surface area contributed by atoms with Gasteiger partial charge in [-0.25, -0.2) is 18.2 Å². The number of nitrogens with zero attached hydrogens (tertiary/aromatic N) is 2. The zero-order chi connectivity index (χ0) is 27.1. The lowest BCUT2D eigenvalue weighted by Gasteiger charge is -2.46. The van der Waals surface area contributed by atoms with Gasteiger partial charge in [0.05, 0.1) is 21.5 Å². The van der Waals surface area contributed by atoms with E-state index in [1.54, 1.807) is 13.8 Å². The van der Waals surface area contributed by atoms with Gasteiger partial charge in [-0.2, -0.15) is 13.2 Å². The molecule has 1 aliphatic heterocycles. The summed E-state index contributed by atoms with van der Waals surface area (Å²) >= 11 is 6.96. The van der Waals surface area contributed by atoms with E-state index < -0.39 is 58.9 Å². The Balaban J connectivity index is 1.93. The summed E-state index contributed by atoms with van der Waals surface area (Å²) in [6.45, 7) is 2.32. The van der Waals surface area contributed by atoms with Gasteiger partial charge in [-0.3, -0.25) is 9.79 Å². The van der Waals surface area contributed by atoms with Crippen LogP contribution >= 0.6 is 23.4 Å². The van der Waals surface area contributed by atoms with Gasteiger partial charge in [-0.1, -0.05) is 30.3 Å². The molecule has 0 saturated heterocycles. The summed E-state index contributed by atoms with van der Waals surface area (Å²) in [6, 6.07) is 2.83. The SMILES string of the molecule is CC1[C@@](C)(CF)SC(N)=N[C@]1(C)c1cc(NC(=O)c2ncc(OCC(F)(F)F)cc2Cl)cc(F)c1F. The first-order chi connectivity index (χ1) is 16.6. The van der Waals surface area contributed by atoms with Gasteiger partial charge in [0.1, 0.15) is 18.1 Å². The van der Waals surface area contributed by atoms with Gasteiger partial charge < -0.3 is 15.8 Å². The number of amidine groups is 1. The van der Waals surface area contributed by atoms with Crippen molar-refractivity contribution in [3.8, 4) is 5.75 Å². The van der Waals surface area contributed by atoms with Crippen LogP contribution in [0.3, 0.4) is 0 Å². The highest BCUT2D eigenvalue weighted by molar-refractivity contribution is 8.15. The molecule has 3 N–H and O–H groups in total. The molecular weight excluding hydrogens is 534 g/mol. The normalized spacial score (nSPS) is 24.3. The third-order valence-electron chi connectivity index (χ3n) is 5.97. The Morgan fingerprint density at radius 1 is 1.28 bits per heavy atom. The van der Waals surface area contributed by atoms with Gasteiger partial charge >= 0.3 is 6.18 Å². The van der Waals surface area contributed by atoms with E-state index in [1.165, 1.54) is 6.92 Å². The largest absolute Gasteiger partial charge is 0.482 e. The van der Waals surface area contributed by atoms with Crippen LogP contribution in [-0.4, -0.2) is 40.3 Å². The average molecular weight is 555 g/mol. The quantitative estimate of drug-likeness (QED) is 0.437. The lowest BCUT2D eigenvalue weighted by Crippen LogP contribution is -2.49. The van der Waals surface area contributed by atoms with Crippen molar-refractivity contribution in [2.75, 3.05) is 18.6 Å². The maximum absolute atomic E-state index is 15.0. The summed E-state index contributed by atoms with van der Waals surface area (Å²) in [5, 5.41) is 1.99. The Kier molecular flexibility index (Phi) is 7.75. The number of aliphatic imine (C=N–C) groups is 1. The first-order valence-corrected chi connectivity index (χ1v) is 11.6. The molecule has 0 saturated carbocycles. The molecule has 2 aromatic rings. The molecule has 3 atom stereocenters. The Labute approximate surface area is 211 Å². The fraction of sp³-hybridized carbons (Fsp3) is 0.409. The monoisotopic (exact) mass is 554 g/mol. The minimum absolute atomic E-state index is 0.00573. The number of alkyl halides is 4. The average Bonchev–Trinajstić information content (AvgIpc) is 2.77. The van der Waals surface area contributed by atoms with E-state index in [0.717, 1.165) is 36.2 Å². The molecule has 0 fully saturated rings. The number of hydrogen-bond acceptors (Lipinski definition) is 6. The first kappa shape index (κ1) is 27.9. The first-order valence-electron chi connectivity index (χ1n) is 10.4. The highest BCUT2D eigenvalue weighted by Gasteiger charge is 2.50. The molecule has 0 spiro atoms. The zero-order valence-electron chi connectivity index (χ0n) is 19.1. The van der Waals surface area contributed by atoms with E-state index in [-0.39, 0.29) is 27.2 Å². The Morgan fingerprint density at radius 3 is 2.53 bits per heavy atom. The summed E-state index contributed by atoms with van der Waals surface area (Å²) in [5.41, 5.74) is 3.56. The second-order valence-corrected chi connectivity index (χ2v) is 10.5. The van der Waals surface area contributed by atoms with Crippen molar-refractivity contribution >= 4 is 40.1 Å². The number of nitrogens with one attached hydrogen (secondary N) is 1. The minimum atomic E-state index is -4.59. The van der Waals surface area contributed by atoms with Crippen molar-refractivity contribution in [3.05, 3.63) is 52.3 Å². The van der Waals surface area contributed by atoms with E-state index >= 15 is 0 Å². The van der Waals surface area contributed by atoms with Crippen molar-refractivity contribution < 1.29 is 35.9 Å². The summed E-state index contributed by atoms with van der Waals surface area (Å²) in [6.07, 6.45) is -3.73. The van der Waals surface area contributed by atoms with Crippen molar-refractivity contribution in [2.24, 2.45) is 16.6 Å². The van der Waals surface area contributed by atoms with Gasteiger partial charge in [-0.05, 0) is 19.9 Å². The van der Waals surface area contributed by atoms with Crippen molar-refractivity contribution in [2.45, 2.75) is 37.2 Å². The van der Waals surface area contributed by atoms with E-state index in [1.807, 2.05) is 0 Å². The predicted molar refractivity (Wildman–Crippen MR) is 125 cm³/mol. The number of pyridine rings is 1. The van der Waals surface area contributed by atoms with Crippen LogP contribution in [0.25, 0.3) is 0 Å². The lowest BCUT2D eigenvalue weighted by molar-refractivity contribution is -0.153. The van der Waals surface area contributed by atoms with E-state index in [0.29, 0.717) is 0 Å². The maximum Gasteiger partial charge on any atom is 0.422 e. The summed E-state index contributed by atoms with van der Waals surface area (Å²) in [7, 11) is 0. The van der Waals surface area contributed by atoms with E-state index in [4.69, 9.17) is 17.3 Å². The standard InChI is InChI=1S/C22H21ClF6N4O2S/c1-10-20(2,8-24)36-19(30)33-21(10,3)13-4-11(5-15(25)16(13)26)32-18(34)17-14(23)6-12(7-31-17)35-9-22(27,28)29/h4-7,10H,8-9H2,1-3H3,(H2,30,33)(H,32,34)/t10?,20-,21+/m1/s1. The van der Waals surface area contributed by atoms with Crippen molar-refractivity contribution in [1.82, 2.24) is 4.98 Å². The van der Waals surface area contributed by atoms with Gasteiger partial charge in [0.25, 0.3) is 5.91 Å². The van der Waals surface area contributed by atoms with E-state index in [9.17, 15) is 31.1 Å². The summed E-state index contributed by atoms with van der Waals surface area (Å²) in [5.74, 6) is -4.47.